The summed E-state index contributed by atoms with van der Waals surface area (Å²) >= 11 is 0. The molecule has 0 spiro atoms. The second-order valence-electron chi connectivity index (χ2n) is 6.89. The Kier molecular flexibility index (Phi) is 7.04. The standard InChI is InChI=1S/C23H25N3O5/c1-3-26(18-10-5-4-6-11-18)21(28)16-8-7-9-17(14-16)24-20-19(23(30)31-2)15-25(12-13-27)22(20)29/h4-11,14,24,27H,3,12-13,15H2,1-2H3. The number of ether oxygens (including phenoxy) is 1. The van der Waals surface area contributed by atoms with E-state index in [4.69, 9.17) is 4.74 Å². The molecule has 31 heavy (non-hydrogen) atoms. The Morgan fingerprint density at radius 2 is 1.90 bits per heavy atom. The number of β-amino-alcohol motifs (C(OH)–C–C–N with tert-alkyl or cyclic N) is 1. The number of nitrogens with one attached hydrogen (secondary N) is 1. The second kappa shape index (κ2) is 9.90. The quantitative estimate of drug-likeness (QED) is 0.631. The number of anilines is 2. The Hall–Kier alpha value is -3.65. The minimum atomic E-state index is -0.621. The summed E-state index contributed by atoms with van der Waals surface area (Å²) in [4.78, 5) is 41.0. The van der Waals surface area contributed by atoms with Crippen LogP contribution in [0.4, 0.5) is 11.4 Å². The van der Waals surface area contributed by atoms with Gasteiger partial charge in [0.25, 0.3) is 11.8 Å². The molecule has 1 aliphatic heterocycles. The molecule has 0 unspecified atom stereocenters. The van der Waals surface area contributed by atoms with Crippen molar-refractivity contribution in [2.75, 3.05) is 43.6 Å². The lowest BCUT2D eigenvalue weighted by Crippen LogP contribution is -2.31. The van der Waals surface area contributed by atoms with Crippen LogP contribution >= 0.6 is 0 Å². The van der Waals surface area contributed by atoms with Crippen molar-refractivity contribution >= 4 is 29.2 Å². The number of carbonyl (C=O) groups excluding carboxylic acids is 3. The number of aliphatic hydroxyl groups excluding tert-OH is 1. The summed E-state index contributed by atoms with van der Waals surface area (Å²) in [6.07, 6.45) is 0. The lowest BCUT2D eigenvalue weighted by atomic mass is 10.1. The van der Waals surface area contributed by atoms with Gasteiger partial charge in [-0.3, -0.25) is 9.59 Å². The van der Waals surface area contributed by atoms with Gasteiger partial charge in [-0.05, 0) is 37.3 Å². The van der Waals surface area contributed by atoms with E-state index in [0.717, 1.165) is 5.69 Å². The molecule has 0 saturated carbocycles. The van der Waals surface area contributed by atoms with Crippen molar-refractivity contribution in [1.29, 1.82) is 0 Å². The minimum absolute atomic E-state index is 0.0463. The highest BCUT2D eigenvalue weighted by molar-refractivity contribution is 6.09. The average Bonchev–Trinajstić information content (AvgIpc) is 3.10. The summed E-state index contributed by atoms with van der Waals surface area (Å²) in [5.41, 5.74) is 1.98. The van der Waals surface area contributed by atoms with Gasteiger partial charge < -0.3 is 25.0 Å². The fraction of sp³-hybridized carbons (Fsp3) is 0.261. The summed E-state index contributed by atoms with van der Waals surface area (Å²) in [6, 6.07) is 16.1. The topological polar surface area (TPSA) is 99.2 Å². The largest absolute Gasteiger partial charge is 0.466 e. The normalized spacial score (nSPS) is 13.4. The number of esters is 1. The highest BCUT2D eigenvalue weighted by Crippen LogP contribution is 2.24. The minimum Gasteiger partial charge on any atom is -0.466 e. The van der Waals surface area contributed by atoms with Gasteiger partial charge in [-0.2, -0.15) is 0 Å². The van der Waals surface area contributed by atoms with E-state index in [2.05, 4.69) is 5.32 Å². The molecule has 0 saturated heterocycles. The van der Waals surface area contributed by atoms with Crippen molar-refractivity contribution in [2.45, 2.75) is 6.92 Å². The molecule has 162 valence electrons. The molecule has 2 aromatic carbocycles. The van der Waals surface area contributed by atoms with Crippen molar-refractivity contribution in [3.8, 4) is 0 Å². The van der Waals surface area contributed by atoms with E-state index < -0.39 is 11.9 Å². The van der Waals surface area contributed by atoms with E-state index in [1.807, 2.05) is 37.3 Å². The van der Waals surface area contributed by atoms with Crippen LogP contribution in [-0.2, 0) is 14.3 Å². The summed E-state index contributed by atoms with van der Waals surface area (Å²) in [5, 5.41) is 12.1. The molecule has 3 rings (SSSR count). The molecule has 2 amide bonds. The first kappa shape index (κ1) is 22.0. The molecular weight excluding hydrogens is 398 g/mol. The number of amides is 2. The van der Waals surface area contributed by atoms with E-state index in [-0.39, 0.29) is 36.9 Å². The van der Waals surface area contributed by atoms with Gasteiger partial charge in [-0.1, -0.05) is 24.3 Å². The third kappa shape index (κ3) is 4.75. The zero-order valence-corrected chi connectivity index (χ0v) is 17.5. The SMILES string of the molecule is CCN(C(=O)c1cccc(NC2=C(C(=O)OC)CN(CCO)C2=O)c1)c1ccccc1. The van der Waals surface area contributed by atoms with E-state index in [1.165, 1.54) is 12.0 Å². The number of hydrogen-bond acceptors (Lipinski definition) is 6. The first-order valence-corrected chi connectivity index (χ1v) is 9.95. The second-order valence-corrected chi connectivity index (χ2v) is 6.89. The predicted octanol–water partition coefficient (Wildman–Crippen LogP) is 2.03. The fourth-order valence-corrected chi connectivity index (χ4v) is 3.43. The predicted molar refractivity (Wildman–Crippen MR) is 117 cm³/mol. The monoisotopic (exact) mass is 423 g/mol. The van der Waals surface area contributed by atoms with Crippen LogP contribution in [0, 0.1) is 0 Å². The van der Waals surface area contributed by atoms with E-state index in [0.29, 0.717) is 17.8 Å². The molecule has 2 aromatic rings. The van der Waals surface area contributed by atoms with Crippen molar-refractivity contribution in [2.24, 2.45) is 0 Å². The van der Waals surface area contributed by atoms with Crippen LogP contribution in [0.3, 0.4) is 0 Å². The summed E-state index contributed by atoms with van der Waals surface area (Å²) in [6.45, 7) is 2.32. The zero-order chi connectivity index (χ0) is 22.4. The maximum Gasteiger partial charge on any atom is 0.337 e. The molecular formula is C23H25N3O5. The van der Waals surface area contributed by atoms with Crippen molar-refractivity contribution in [3.05, 3.63) is 71.4 Å². The van der Waals surface area contributed by atoms with Crippen LogP contribution in [0.2, 0.25) is 0 Å². The summed E-state index contributed by atoms with van der Waals surface area (Å²) < 4.78 is 4.79. The Labute approximate surface area is 180 Å². The first-order chi connectivity index (χ1) is 15.0. The van der Waals surface area contributed by atoms with Crippen LogP contribution in [0.5, 0.6) is 0 Å². The molecule has 0 aliphatic carbocycles. The lowest BCUT2D eigenvalue weighted by molar-refractivity contribution is -0.136. The number of rotatable bonds is 8. The third-order valence-corrected chi connectivity index (χ3v) is 4.96. The van der Waals surface area contributed by atoms with Gasteiger partial charge in [0, 0.05) is 30.0 Å². The average molecular weight is 423 g/mol. The molecule has 1 heterocycles. The van der Waals surface area contributed by atoms with E-state index >= 15 is 0 Å². The van der Waals surface area contributed by atoms with Gasteiger partial charge in [0.2, 0.25) is 0 Å². The summed E-state index contributed by atoms with van der Waals surface area (Å²) in [5.74, 6) is -1.21. The molecule has 0 aromatic heterocycles. The fourth-order valence-electron chi connectivity index (χ4n) is 3.43. The molecule has 1 aliphatic rings. The molecule has 8 heteroatoms. The maximum atomic E-state index is 13.1. The maximum absolute atomic E-state index is 13.1. The zero-order valence-electron chi connectivity index (χ0n) is 17.5. The molecule has 2 N–H and O–H groups in total. The number of nitrogens with zero attached hydrogens (tertiary/aromatic N) is 2. The molecule has 0 radical (unpaired) electrons. The Morgan fingerprint density at radius 3 is 2.55 bits per heavy atom. The van der Waals surface area contributed by atoms with Crippen molar-refractivity contribution < 1.29 is 24.2 Å². The number of hydrogen-bond donors (Lipinski definition) is 2. The van der Waals surface area contributed by atoms with Gasteiger partial charge in [0.05, 0.1) is 25.8 Å². The smallest absolute Gasteiger partial charge is 0.337 e. The van der Waals surface area contributed by atoms with Crippen LogP contribution in [0.15, 0.2) is 65.9 Å². The van der Waals surface area contributed by atoms with E-state index in [9.17, 15) is 19.5 Å². The van der Waals surface area contributed by atoms with Gasteiger partial charge in [-0.25, -0.2) is 4.79 Å². The van der Waals surface area contributed by atoms with Crippen LogP contribution in [0.1, 0.15) is 17.3 Å². The Bertz CT molecular complexity index is 1000. The van der Waals surface area contributed by atoms with Crippen LogP contribution in [-0.4, -0.2) is 61.1 Å². The Balaban J connectivity index is 1.88. The number of benzene rings is 2. The molecule has 0 fully saturated rings. The first-order valence-electron chi connectivity index (χ1n) is 9.95. The number of methoxy groups -OCH3 is 1. The van der Waals surface area contributed by atoms with Gasteiger partial charge >= 0.3 is 5.97 Å². The number of para-hydroxylation sites is 1. The van der Waals surface area contributed by atoms with E-state index in [1.54, 1.807) is 29.2 Å². The number of carbonyl (C=O) groups is 3. The van der Waals surface area contributed by atoms with Gasteiger partial charge in [0.15, 0.2) is 0 Å². The highest BCUT2D eigenvalue weighted by atomic mass is 16.5. The van der Waals surface area contributed by atoms with Crippen molar-refractivity contribution in [3.63, 3.8) is 0 Å². The van der Waals surface area contributed by atoms with Crippen LogP contribution < -0.4 is 10.2 Å². The third-order valence-electron chi connectivity index (χ3n) is 4.96. The molecule has 0 atom stereocenters. The highest BCUT2D eigenvalue weighted by Gasteiger charge is 2.34. The number of aliphatic hydroxyl groups is 1. The molecule has 8 nitrogen and oxygen atoms in total. The summed E-state index contributed by atoms with van der Waals surface area (Å²) in [7, 11) is 1.24. The Morgan fingerprint density at radius 1 is 1.16 bits per heavy atom. The van der Waals surface area contributed by atoms with Gasteiger partial charge in [0.1, 0.15) is 5.70 Å². The lowest BCUT2D eigenvalue weighted by Gasteiger charge is -2.21. The molecule has 0 bridgehead atoms. The van der Waals surface area contributed by atoms with Crippen LogP contribution in [0.25, 0.3) is 0 Å². The van der Waals surface area contributed by atoms with Crippen molar-refractivity contribution in [1.82, 2.24) is 4.90 Å². The van der Waals surface area contributed by atoms with Gasteiger partial charge in [-0.15, -0.1) is 0 Å².